The van der Waals surface area contributed by atoms with Gasteiger partial charge in [-0.2, -0.15) is 0 Å². The van der Waals surface area contributed by atoms with E-state index in [1.54, 1.807) is 19.2 Å². The summed E-state index contributed by atoms with van der Waals surface area (Å²) < 4.78 is 0. The van der Waals surface area contributed by atoms with Crippen LogP contribution in [0.4, 0.5) is 5.69 Å². The average molecular weight is 187 g/mol. The zero-order valence-electron chi connectivity index (χ0n) is 7.70. The lowest BCUT2D eigenvalue weighted by molar-refractivity contribution is -0.110. The molecule has 0 saturated heterocycles. The molecule has 14 heavy (non-hydrogen) atoms. The molecular formula is C11H9NO2. The number of benzene rings is 1. The van der Waals surface area contributed by atoms with Crippen molar-refractivity contribution in [3.8, 4) is 0 Å². The fourth-order valence-corrected chi connectivity index (χ4v) is 1.54. The molecule has 0 fully saturated rings. The summed E-state index contributed by atoms with van der Waals surface area (Å²) in [5.74, 6) is -0.896. The van der Waals surface area contributed by atoms with E-state index in [-0.39, 0.29) is 0 Å². The molecule has 3 nitrogen and oxygen atoms in total. The van der Waals surface area contributed by atoms with E-state index < -0.39 is 11.6 Å². The summed E-state index contributed by atoms with van der Waals surface area (Å²) in [6, 6.07) is 5.44. The molecule has 3 heteroatoms. The van der Waals surface area contributed by atoms with Crippen molar-refractivity contribution >= 4 is 23.3 Å². The van der Waals surface area contributed by atoms with Crippen molar-refractivity contribution in [1.82, 2.24) is 0 Å². The highest BCUT2D eigenvalue weighted by Crippen LogP contribution is 2.24. The molecular weight excluding hydrogens is 178 g/mol. The van der Waals surface area contributed by atoms with E-state index in [0.717, 1.165) is 5.56 Å². The van der Waals surface area contributed by atoms with Gasteiger partial charge in [-0.05, 0) is 17.7 Å². The molecule has 1 aromatic carbocycles. The first-order valence-corrected chi connectivity index (χ1v) is 4.31. The third-order valence-electron chi connectivity index (χ3n) is 2.23. The number of carbonyl (C=O) groups is 2. The number of hydrogen-bond donors (Lipinski definition) is 1. The van der Waals surface area contributed by atoms with E-state index in [4.69, 9.17) is 0 Å². The van der Waals surface area contributed by atoms with Gasteiger partial charge in [-0.1, -0.05) is 18.2 Å². The number of allylic oxidation sites excluding steroid dienone is 1. The highest BCUT2D eigenvalue weighted by atomic mass is 16.2. The van der Waals surface area contributed by atoms with Crippen LogP contribution in [0.25, 0.3) is 6.08 Å². The number of fused-ring (bicyclic) bond motifs is 1. The molecule has 2 rings (SSSR count). The molecule has 0 radical (unpaired) electrons. The molecule has 0 aromatic heterocycles. The molecule has 0 aliphatic heterocycles. The Bertz CT molecular complexity index is 447. The van der Waals surface area contributed by atoms with Gasteiger partial charge in [0.2, 0.25) is 11.6 Å². The van der Waals surface area contributed by atoms with Gasteiger partial charge in [0.05, 0.1) is 5.56 Å². The minimum atomic E-state index is -0.458. The largest absolute Gasteiger partial charge is 0.388 e. The predicted molar refractivity (Wildman–Crippen MR) is 54.4 cm³/mol. The fraction of sp³-hybridized carbons (Fsp3) is 0.0909. The third kappa shape index (κ3) is 1.14. The van der Waals surface area contributed by atoms with Crippen molar-refractivity contribution in [2.45, 2.75) is 0 Å². The molecule has 0 amide bonds. The maximum atomic E-state index is 11.6. The van der Waals surface area contributed by atoms with Crippen LogP contribution >= 0.6 is 0 Å². The second-order valence-electron chi connectivity index (χ2n) is 3.05. The normalized spacial score (nSPS) is 14.1. The SMILES string of the molecule is CNc1cccc2c1C(=O)C(=O)C=C2. The highest BCUT2D eigenvalue weighted by molar-refractivity contribution is 6.50. The van der Waals surface area contributed by atoms with E-state index in [1.807, 2.05) is 12.1 Å². The monoisotopic (exact) mass is 187 g/mol. The van der Waals surface area contributed by atoms with Crippen LogP contribution in [0.1, 0.15) is 15.9 Å². The lowest BCUT2D eigenvalue weighted by Gasteiger charge is -2.12. The van der Waals surface area contributed by atoms with Gasteiger partial charge in [-0.15, -0.1) is 0 Å². The Morgan fingerprint density at radius 1 is 1.14 bits per heavy atom. The molecule has 0 unspecified atom stereocenters. The zero-order valence-corrected chi connectivity index (χ0v) is 7.70. The minimum absolute atomic E-state index is 0.438. The molecule has 0 bridgehead atoms. The van der Waals surface area contributed by atoms with Crippen LogP contribution < -0.4 is 5.32 Å². The number of carbonyl (C=O) groups excluding carboxylic acids is 2. The van der Waals surface area contributed by atoms with Crippen LogP contribution in [0.2, 0.25) is 0 Å². The molecule has 1 aromatic rings. The van der Waals surface area contributed by atoms with Crippen molar-refractivity contribution < 1.29 is 9.59 Å². The quantitative estimate of drug-likeness (QED) is 0.678. The Morgan fingerprint density at radius 2 is 1.93 bits per heavy atom. The lowest BCUT2D eigenvalue weighted by Crippen LogP contribution is -2.17. The summed E-state index contributed by atoms with van der Waals surface area (Å²) >= 11 is 0. The van der Waals surface area contributed by atoms with Gasteiger partial charge in [-0.25, -0.2) is 0 Å². The van der Waals surface area contributed by atoms with Gasteiger partial charge in [0.15, 0.2) is 0 Å². The molecule has 0 spiro atoms. The van der Waals surface area contributed by atoms with Gasteiger partial charge in [0.25, 0.3) is 0 Å². The van der Waals surface area contributed by atoms with Gasteiger partial charge in [-0.3, -0.25) is 9.59 Å². The van der Waals surface area contributed by atoms with E-state index in [0.29, 0.717) is 11.3 Å². The second kappa shape index (κ2) is 3.10. The van der Waals surface area contributed by atoms with Gasteiger partial charge >= 0.3 is 0 Å². The summed E-state index contributed by atoms with van der Waals surface area (Å²) in [7, 11) is 1.73. The molecule has 70 valence electrons. The van der Waals surface area contributed by atoms with E-state index in [9.17, 15) is 9.59 Å². The Kier molecular flexibility index (Phi) is 1.93. The smallest absolute Gasteiger partial charge is 0.235 e. The Labute approximate surface area is 81.4 Å². The van der Waals surface area contributed by atoms with Crippen molar-refractivity contribution in [3.05, 3.63) is 35.4 Å². The first-order chi connectivity index (χ1) is 6.74. The standard InChI is InChI=1S/C11H9NO2/c1-12-8-4-2-3-7-5-6-9(13)11(14)10(7)8/h2-6,12H,1H3. The molecule has 1 N–H and O–H groups in total. The summed E-state index contributed by atoms with van der Waals surface area (Å²) in [5, 5.41) is 2.90. The number of Topliss-reactive ketones (excluding diaryl/α,β-unsaturated/α-hetero) is 1. The second-order valence-corrected chi connectivity index (χ2v) is 3.05. The average Bonchev–Trinajstić information content (AvgIpc) is 2.23. The van der Waals surface area contributed by atoms with E-state index in [1.165, 1.54) is 6.08 Å². The van der Waals surface area contributed by atoms with Crippen molar-refractivity contribution in [3.63, 3.8) is 0 Å². The molecule has 0 heterocycles. The predicted octanol–water partition coefficient (Wildman–Crippen LogP) is 1.51. The van der Waals surface area contributed by atoms with Gasteiger partial charge in [0.1, 0.15) is 0 Å². The van der Waals surface area contributed by atoms with Crippen LogP contribution in [-0.2, 0) is 4.79 Å². The molecule has 0 atom stereocenters. The lowest BCUT2D eigenvalue weighted by atomic mass is 9.94. The number of hydrogen-bond acceptors (Lipinski definition) is 3. The Morgan fingerprint density at radius 3 is 2.64 bits per heavy atom. The number of ketones is 2. The fourth-order valence-electron chi connectivity index (χ4n) is 1.54. The summed E-state index contributed by atoms with van der Waals surface area (Å²) in [4.78, 5) is 22.7. The maximum Gasteiger partial charge on any atom is 0.235 e. The van der Waals surface area contributed by atoms with Gasteiger partial charge < -0.3 is 5.32 Å². The van der Waals surface area contributed by atoms with Crippen molar-refractivity contribution in [1.29, 1.82) is 0 Å². The third-order valence-corrected chi connectivity index (χ3v) is 2.23. The Balaban J connectivity index is 2.69. The van der Waals surface area contributed by atoms with Gasteiger partial charge in [0, 0.05) is 12.7 Å². The van der Waals surface area contributed by atoms with Crippen LogP contribution in [0.15, 0.2) is 24.3 Å². The first kappa shape index (κ1) is 8.69. The number of anilines is 1. The van der Waals surface area contributed by atoms with Crippen LogP contribution in [0.5, 0.6) is 0 Å². The van der Waals surface area contributed by atoms with Crippen molar-refractivity contribution in [2.24, 2.45) is 0 Å². The summed E-state index contributed by atoms with van der Waals surface area (Å²) in [6.45, 7) is 0. The summed E-state index contributed by atoms with van der Waals surface area (Å²) in [5.41, 5.74) is 1.97. The molecule has 0 saturated carbocycles. The topological polar surface area (TPSA) is 46.2 Å². The molecule has 1 aliphatic rings. The van der Waals surface area contributed by atoms with E-state index >= 15 is 0 Å². The van der Waals surface area contributed by atoms with Crippen LogP contribution in [-0.4, -0.2) is 18.6 Å². The van der Waals surface area contributed by atoms with Crippen LogP contribution in [0, 0.1) is 0 Å². The Hall–Kier alpha value is -1.90. The minimum Gasteiger partial charge on any atom is -0.388 e. The first-order valence-electron chi connectivity index (χ1n) is 4.31. The number of nitrogens with one attached hydrogen (secondary N) is 1. The van der Waals surface area contributed by atoms with Crippen LogP contribution in [0.3, 0.4) is 0 Å². The van der Waals surface area contributed by atoms with Crippen molar-refractivity contribution in [2.75, 3.05) is 12.4 Å². The van der Waals surface area contributed by atoms with E-state index in [2.05, 4.69) is 5.32 Å². The number of rotatable bonds is 1. The molecule has 1 aliphatic carbocycles. The zero-order chi connectivity index (χ0) is 10.1. The highest BCUT2D eigenvalue weighted by Gasteiger charge is 2.23. The summed E-state index contributed by atoms with van der Waals surface area (Å²) in [6.07, 6.45) is 2.98. The maximum absolute atomic E-state index is 11.6.